The van der Waals surface area contributed by atoms with Crippen LogP contribution in [-0.4, -0.2) is 65.8 Å². The Bertz CT molecular complexity index is 3490. The zero-order valence-corrected chi connectivity index (χ0v) is 36.2. The SMILES string of the molecule is Oc1cccc(-c2c3nc(c(-c4cccc(O)c4)c4ccc([nH]4)c(-c4c(F)c(F)c(OCCCC(F)(F)C(F)(F)C(F)(F)C(F)(F)F)c(F)c4F)c4nc(c(-c5cccc(O)c5)c5ccc2[nH]5)C=C4)C=C3)c1. The molecule has 0 saturated carbocycles. The Morgan fingerprint density at radius 3 is 1.17 bits per heavy atom. The highest BCUT2D eigenvalue weighted by Crippen LogP contribution is 2.54. The first-order chi connectivity index (χ1) is 34.0. The topological polar surface area (TPSA) is 127 Å². The summed E-state index contributed by atoms with van der Waals surface area (Å²) in [5, 5.41) is 31.8. The lowest BCUT2D eigenvalue weighted by molar-refractivity contribution is -0.396. The number of aromatic hydroxyl groups is 3. The minimum atomic E-state index is -7.20. The molecule has 2 aliphatic heterocycles. The van der Waals surface area contributed by atoms with Gasteiger partial charge in [0.15, 0.2) is 17.4 Å². The molecule has 0 saturated heterocycles. The predicted molar refractivity (Wildman–Crippen MR) is 241 cm³/mol. The molecule has 8 bridgehead atoms. The molecule has 5 N–H and O–H groups in total. The van der Waals surface area contributed by atoms with Gasteiger partial charge in [0.2, 0.25) is 11.6 Å². The van der Waals surface area contributed by atoms with E-state index in [0.717, 1.165) is 0 Å². The predicted octanol–water partition coefficient (Wildman–Crippen LogP) is 14.6. The Morgan fingerprint density at radius 2 is 0.806 bits per heavy atom. The van der Waals surface area contributed by atoms with E-state index in [-0.39, 0.29) is 56.5 Å². The molecule has 21 heteroatoms. The van der Waals surface area contributed by atoms with Crippen LogP contribution >= 0.6 is 0 Å². The van der Waals surface area contributed by atoms with Gasteiger partial charge in [0.25, 0.3) is 0 Å². The minimum Gasteiger partial charge on any atom is -0.508 e. The second kappa shape index (κ2) is 17.9. The number of aromatic amines is 2. The number of halogens is 13. The fourth-order valence-corrected chi connectivity index (χ4v) is 8.35. The van der Waals surface area contributed by atoms with Gasteiger partial charge in [-0.1, -0.05) is 36.4 Å². The Balaban J connectivity index is 1.28. The number of ether oxygens (including phenoxy) is 1. The molecule has 0 radical (unpaired) electrons. The highest BCUT2D eigenvalue weighted by Gasteiger charge is 2.81. The maximum absolute atomic E-state index is 16.6. The van der Waals surface area contributed by atoms with E-state index >= 15 is 17.6 Å². The lowest BCUT2D eigenvalue weighted by atomic mass is 10.00. The number of fused-ring (bicyclic) bond motifs is 8. The smallest absolute Gasteiger partial charge is 0.460 e. The minimum absolute atomic E-state index is 0.0609. The number of nitrogens with one attached hydrogen (secondary N) is 2. The van der Waals surface area contributed by atoms with Crippen molar-refractivity contribution in [3.05, 3.63) is 143 Å². The van der Waals surface area contributed by atoms with E-state index < -0.39 is 83.5 Å². The summed E-state index contributed by atoms with van der Waals surface area (Å²) < 4.78 is 191. The fourth-order valence-electron chi connectivity index (χ4n) is 8.35. The fraction of sp³-hybridized carbons (Fsp3) is 0.137. The van der Waals surface area contributed by atoms with Crippen LogP contribution in [-0.2, 0) is 0 Å². The van der Waals surface area contributed by atoms with Crippen LogP contribution in [0.25, 0.3) is 90.9 Å². The van der Waals surface area contributed by atoms with Crippen molar-refractivity contribution in [2.45, 2.75) is 36.8 Å². The molecular weight excluding hydrogens is 980 g/mol. The Labute approximate surface area is 396 Å². The summed E-state index contributed by atoms with van der Waals surface area (Å²) in [7, 11) is 0. The van der Waals surface area contributed by atoms with Gasteiger partial charge < -0.3 is 30.0 Å². The molecule has 4 aromatic carbocycles. The molecule has 9 rings (SSSR count). The number of phenolic OH excluding ortho intramolecular Hbond substituents is 3. The summed E-state index contributed by atoms with van der Waals surface area (Å²) in [5.41, 5.74) is 1.30. The maximum Gasteiger partial charge on any atom is 0.460 e. The first kappa shape index (κ1) is 48.8. The average molecular weight is 1010 g/mol. The molecule has 0 atom stereocenters. The molecule has 0 fully saturated rings. The van der Waals surface area contributed by atoms with E-state index in [2.05, 4.69) is 19.7 Å². The standard InChI is InChI=1S/C51H31F13N4O4/c52-43-42(44(53)46(55)47(45(43)54)72-20-4-19-48(56,57)49(58,59)50(60,61)51(62,63)64)41-36-17-15-34(67-36)39(25-6-2-9-28(70)22-25)32-13-11-30(65-32)38(24-5-1-8-27(69)21-24)31-12-14-33(66-31)40(35-16-18-37(41)68-35)26-7-3-10-29(71)23-26/h1-3,5-18,21-23,65,68-71H,4,19-20H2. The van der Waals surface area contributed by atoms with Gasteiger partial charge in [-0.15, -0.1) is 0 Å². The van der Waals surface area contributed by atoms with E-state index in [0.29, 0.717) is 39.0 Å². The van der Waals surface area contributed by atoms with Gasteiger partial charge in [0, 0.05) is 50.7 Å². The van der Waals surface area contributed by atoms with E-state index in [4.69, 9.17) is 4.98 Å². The van der Waals surface area contributed by atoms with Gasteiger partial charge in [-0.2, -0.15) is 48.3 Å². The third kappa shape index (κ3) is 8.40. The molecule has 0 amide bonds. The Kier molecular flexibility index (Phi) is 12.1. The van der Waals surface area contributed by atoms with Crippen LogP contribution in [0.5, 0.6) is 23.0 Å². The summed E-state index contributed by atoms with van der Waals surface area (Å²) in [5.74, 6) is -31.5. The molecule has 2 aliphatic rings. The maximum atomic E-state index is 16.6. The first-order valence-electron chi connectivity index (χ1n) is 21.2. The van der Waals surface area contributed by atoms with Crippen molar-refractivity contribution in [3.8, 4) is 67.5 Å². The van der Waals surface area contributed by atoms with Crippen molar-refractivity contribution >= 4 is 46.4 Å². The van der Waals surface area contributed by atoms with E-state index in [1.54, 1.807) is 48.6 Å². The van der Waals surface area contributed by atoms with Crippen LogP contribution in [0.15, 0.2) is 97.1 Å². The molecule has 72 heavy (non-hydrogen) atoms. The van der Waals surface area contributed by atoms with Crippen LogP contribution in [0.2, 0.25) is 0 Å². The third-order valence-electron chi connectivity index (χ3n) is 11.7. The number of phenols is 3. The van der Waals surface area contributed by atoms with Gasteiger partial charge in [-0.05, 0) is 108 Å². The number of H-pyrrole nitrogens is 2. The summed E-state index contributed by atoms with van der Waals surface area (Å²) in [4.78, 5) is 16.0. The number of aromatic nitrogens is 4. The summed E-state index contributed by atoms with van der Waals surface area (Å²) in [6.07, 6.45) is -5.17. The summed E-state index contributed by atoms with van der Waals surface area (Å²) >= 11 is 0. The third-order valence-corrected chi connectivity index (χ3v) is 11.7. The van der Waals surface area contributed by atoms with Crippen molar-refractivity contribution in [2.75, 3.05) is 6.61 Å². The quantitative estimate of drug-likeness (QED) is 0.0499. The van der Waals surface area contributed by atoms with Crippen molar-refractivity contribution < 1.29 is 77.1 Å². The van der Waals surface area contributed by atoms with Gasteiger partial charge >= 0.3 is 23.9 Å². The number of benzene rings is 4. The van der Waals surface area contributed by atoms with Crippen LogP contribution in [0.4, 0.5) is 57.1 Å². The molecule has 3 aromatic heterocycles. The molecule has 7 aromatic rings. The average Bonchev–Trinajstić information content (AvgIpc) is 4.17. The zero-order chi connectivity index (χ0) is 51.7. The van der Waals surface area contributed by atoms with E-state index in [1.807, 2.05) is 0 Å². The number of nitrogens with zero attached hydrogens (tertiary/aromatic N) is 2. The molecule has 0 aliphatic carbocycles. The van der Waals surface area contributed by atoms with Gasteiger partial charge in [-0.3, -0.25) is 0 Å². The van der Waals surface area contributed by atoms with Gasteiger partial charge in [0.05, 0.1) is 34.9 Å². The van der Waals surface area contributed by atoms with Crippen molar-refractivity contribution in [1.82, 2.24) is 19.9 Å². The Hall–Kier alpha value is -8.23. The molecule has 0 spiro atoms. The van der Waals surface area contributed by atoms with Crippen molar-refractivity contribution in [2.24, 2.45) is 0 Å². The highest BCUT2D eigenvalue weighted by molar-refractivity contribution is 6.00. The zero-order valence-electron chi connectivity index (χ0n) is 36.2. The second-order valence-electron chi connectivity index (χ2n) is 16.4. The van der Waals surface area contributed by atoms with Crippen molar-refractivity contribution in [3.63, 3.8) is 0 Å². The number of alkyl halides is 9. The van der Waals surface area contributed by atoms with E-state index in [9.17, 15) is 54.8 Å². The number of hydrogen-bond donors (Lipinski definition) is 5. The highest BCUT2D eigenvalue weighted by atomic mass is 19.4. The monoisotopic (exact) mass is 1010 g/mol. The molecular formula is C51H31F13N4O4. The Morgan fingerprint density at radius 1 is 0.444 bits per heavy atom. The van der Waals surface area contributed by atoms with Crippen molar-refractivity contribution in [1.29, 1.82) is 0 Å². The first-order valence-corrected chi connectivity index (χ1v) is 21.2. The number of rotatable bonds is 11. The van der Waals surface area contributed by atoms with Crippen LogP contribution < -0.4 is 4.74 Å². The van der Waals surface area contributed by atoms with Gasteiger partial charge in [0.1, 0.15) is 17.2 Å². The largest absolute Gasteiger partial charge is 0.508 e. The lowest BCUT2D eigenvalue weighted by Gasteiger charge is -2.33. The van der Waals surface area contributed by atoms with Crippen LogP contribution in [0.1, 0.15) is 35.6 Å². The van der Waals surface area contributed by atoms with Crippen LogP contribution in [0, 0.1) is 23.3 Å². The molecule has 0 unspecified atom stereocenters. The normalized spacial score (nSPS) is 13.0. The molecule has 8 nitrogen and oxygen atoms in total. The van der Waals surface area contributed by atoms with Crippen LogP contribution in [0.3, 0.4) is 0 Å². The number of hydrogen-bond acceptors (Lipinski definition) is 6. The second-order valence-corrected chi connectivity index (χ2v) is 16.4. The molecule has 5 heterocycles. The summed E-state index contributed by atoms with van der Waals surface area (Å²) in [6, 6.07) is 24.3. The molecule has 370 valence electrons. The van der Waals surface area contributed by atoms with Gasteiger partial charge in [-0.25, -0.2) is 18.7 Å². The van der Waals surface area contributed by atoms with E-state index in [1.165, 1.54) is 72.8 Å². The summed E-state index contributed by atoms with van der Waals surface area (Å²) in [6.45, 7) is -1.54. The lowest BCUT2D eigenvalue weighted by Crippen LogP contribution is -2.60.